The van der Waals surface area contributed by atoms with Crippen LogP contribution < -0.4 is 5.32 Å². The normalized spacial score (nSPS) is 22.6. The van der Waals surface area contributed by atoms with Crippen LogP contribution in [0.3, 0.4) is 0 Å². The molecule has 1 rings (SSSR count). The molecule has 0 aromatic carbocycles. The summed E-state index contributed by atoms with van der Waals surface area (Å²) in [6.07, 6.45) is 3.25. The first-order valence-electron chi connectivity index (χ1n) is 6.06. The first-order chi connectivity index (χ1) is 7.22. The Morgan fingerprint density at radius 1 is 1.40 bits per heavy atom. The molecule has 1 saturated heterocycles. The second-order valence-electron chi connectivity index (χ2n) is 4.64. The van der Waals surface area contributed by atoms with Gasteiger partial charge in [-0.05, 0) is 12.5 Å². The number of ether oxygens (including phenoxy) is 2. The zero-order chi connectivity index (χ0) is 11.1. The summed E-state index contributed by atoms with van der Waals surface area (Å²) in [5.41, 5.74) is 0.0196. The highest BCUT2D eigenvalue weighted by molar-refractivity contribution is 4.85. The lowest BCUT2D eigenvalue weighted by atomic mass is 9.93. The second-order valence-corrected chi connectivity index (χ2v) is 4.64. The van der Waals surface area contributed by atoms with Crippen molar-refractivity contribution in [1.29, 1.82) is 0 Å². The van der Waals surface area contributed by atoms with E-state index in [1.54, 1.807) is 0 Å². The maximum atomic E-state index is 5.65. The predicted molar refractivity (Wildman–Crippen MR) is 62.1 cm³/mol. The van der Waals surface area contributed by atoms with Crippen molar-refractivity contribution in [2.45, 2.75) is 38.7 Å². The van der Waals surface area contributed by atoms with Gasteiger partial charge < -0.3 is 14.8 Å². The van der Waals surface area contributed by atoms with E-state index >= 15 is 0 Å². The van der Waals surface area contributed by atoms with E-state index in [2.05, 4.69) is 19.2 Å². The Balaban J connectivity index is 2.26. The van der Waals surface area contributed by atoms with E-state index in [-0.39, 0.29) is 5.60 Å². The van der Waals surface area contributed by atoms with Crippen LogP contribution >= 0.6 is 0 Å². The Hall–Kier alpha value is -0.120. The predicted octanol–water partition coefficient (Wildman–Crippen LogP) is 1.82. The van der Waals surface area contributed by atoms with Gasteiger partial charge in [0.25, 0.3) is 0 Å². The van der Waals surface area contributed by atoms with E-state index in [0.29, 0.717) is 0 Å². The van der Waals surface area contributed by atoms with Crippen LogP contribution in [0.4, 0.5) is 0 Å². The molecule has 0 aromatic rings. The number of nitrogens with one attached hydrogen (secondary N) is 1. The minimum Gasteiger partial charge on any atom is -0.381 e. The molecule has 0 aliphatic carbocycles. The SMILES string of the molecule is CCC(C)CNCC1(OC)CCOCC1. The van der Waals surface area contributed by atoms with Gasteiger partial charge in [0.2, 0.25) is 0 Å². The van der Waals surface area contributed by atoms with E-state index in [1.165, 1.54) is 6.42 Å². The highest BCUT2D eigenvalue weighted by atomic mass is 16.5. The number of rotatable bonds is 6. The summed E-state index contributed by atoms with van der Waals surface area (Å²) < 4.78 is 11.0. The van der Waals surface area contributed by atoms with Crippen LogP contribution in [-0.2, 0) is 9.47 Å². The molecule has 1 N–H and O–H groups in total. The van der Waals surface area contributed by atoms with Gasteiger partial charge in [0.1, 0.15) is 0 Å². The molecule has 90 valence electrons. The zero-order valence-corrected chi connectivity index (χ0v) is 10.3. The summed E-state index contributed by atoms with van der Waals surface area (Å²) in [4.78, 5) is 0. The largest absolute Gasteiger partial charge is 0.381 e. The van der Waals surface area contributed by atoms with Crippen molar-refractivity contribution >= 4 is 0 Å². The molecule has 15 heavy (non-hydrogen) atoms. The van der Waals surface area contributed by atoms with Crippen molar-refractivity contribution in [3.05, 3.63) is 0 Å². The van der Waals surface area contributed by atoms with E-state index in [4.69, 9.17) is 9.47 Å². The first kappa shape index (κ1) is 12.9. The van der Waals surface area contributed by atoms with Gasteiger partial charge in [0, 0.05) is 39.7 Å². The smallest absolute Gasteiger partial charge is 0.0846 e. The Bertz CT molecular complexity index is 167. The van der Waals surface area contributed by atoms with Gasteiger partial charge in [-0.15, -0.1) is 0 Å². The van der Waals surface area contributed by atoms with Crippen molar-refractivity contribution in [2.24, 2.45) is 5.92 Å². The van der Waals surface area contributed by atoms with Crippen LogP contribution in [0.15, 0.2) is 0 Å². The molecule has 1 unspecified atom stereocenters. The monoisotopic (exact) mass is 215 g/mol. The van der Waals surface area contributed by atoms with Crippen LogP contribution in [0.1, 0.15) is 33.1 Å². The van der Waals surface area contributed by atoms with E-state index in [1.807, 2.05) is 7.11 Å². The van der Waals surface area contributed by atoms with Gasteiger partial charge in [-0.1, -0.05) is 20.3 Å². The van der Waals surface area contributed by atoms with Crippen LogP contribution in [0, 0.1) is 5.92 Å². The van der Waals surface area contributed by atoms with Crippen LogP contribution in [0.2, 0.25) is 0 Å². The maximum absolute atomic E-state index is 5.65. The summed E-state index contributed by atoms with van der Waals surface area (Å²) in [5, 5.41) is 3.52. The van der Waals surface area contributed by atoms with Crippen molar-refractivity contribution in [1.82, 2.24) is 5.32 Å². The second kappa shape index (κ2) is 6.46. The van der Waals surface area contributed by atoms with Gasteiger partial charge in [-0.2, -0.15) is 0 Å². The lowest BCUT2D eigenvalue weighted by Gasteiger charge is -2.36. The average Bonchev–Trinajstić information content (AvgIpc) is 2.30. The third-order valence-electron chi connectivity index (χ3n) is 3.47. The fourth-order valence-electron chi connectivity index (χ4n) is 1.89. The summed E-state index contributed by atoms with van der Waals surface area (Å²) in [5.74, 6) is 0.749. The molecule has 0 radical (unpaired) electrons. The summed E-state index contributed by atoms with van der Waals surface area (Å²) in [6.45, 7) is 8.21. The molecule has 1 heterocycles. The highest BCUT2D eigenvalue weighted by Gasteiger charge is 2.31. The van der Waals surface area contributed by atoms with Gasteiger partial charge in [0.05, 0.1) is 5.60 Å². The minimum absolute atomic E-state index is 0.0196. The van der Waals surface area contributed by atoms with Crippen molar-refractivity contribution in [3.63, 3.8) is 0 Å². The molecule has 3 nitrogen and oxygen atoms in total. The lowest BCUT2D eigenvalue weighted by Crippen LogP contribution is -2.47. The first-order valence-corrected chi connectivity index (χ1v) is 6.06. The van der Waals surface area contributed by atoms with E-state index in [9.17, 15) is 0 Å². The summed E-state index contributed by atoms with van der Waals surface area (Å²) in [7, 11) is 1.82. The Labute approximate surface area is 93.5 Å². The fraction of sp³-hybridized carbons (Fsp3) is 1.00. The molecule has 1 fully saturated rings. The van der Waals surface area contributed by atoms with Gasteiger partial charge in [-0.25, -0.2) is 0 Å². The summed E-state index contributed by atoms with van der Waals surface area (Å²) >= 11 is 0. The molecule has 1 atom stereocenters. The van der Waals surface area contributed by atoms with Gasteiger partial charge in [0.15, 0.2) is 0 Å². The molecule has 0 saturated carbocycles. The quantitative estimate of drug-likeness (QED) is 0.733. The third-order valence-corrected chi connectivity index (χ3v) is 3.47. The van der Waals surface area contributed by atoms with Crippen LogP contribution in [0.25, 0.3) is 0 Å². The van der Waals surface area contributed by atoms with Crippen LogP contribution in [-0.4, -0.2) is 39.0 Å². The van der Waals surface area contributed by atoms with Gasteiger partial charge >= 0.3 is 0 Å². The molecule has 3 heteroatoms. The lowest BCUT2D eigenvalue weighted by molar-refractivity contribution is -0.0877. The van der Waals surface area contributed by atoms with Crippen molar-refractivity contribution in [2.75, 3.05) is 33.4 Å². The minimum atomic E-state index is 0.0196. The molecular formula is C12H25NO2. The number of hydrogen-bond acceptors (Lipinski definition) is 3. The van der Waals surface area contributed by atoms with Crippen molar-refractivity contribution < 1.29 is 9.47 Å². The fourth-order valence-corrected chi connectivity index (χ4v) is 1.89. The third kappa shape index (κ3) is 4.09. The van der Waals surface area contributed by atoms with Crippen molar-refractivity contribution in [3.8, 4) is 0 Å². The Morgan fingerprint density at radius 3 is 2.60 bits per heavy atom. The molecule has 0 spiro atoms. The maximum Gasteiger partial charge on any atom is 0.0846 e. The number of hydrogen-bond donors (Lipinski definition) is 1. The summed E-state index contributed by atoms with van der Waals surface area (Å²) in [6, 6.07) is 0. The number of methoxy groups -OCH3 is 1. The topological polar surface area (TPSA) is 30.5 Å². The molecule has 1 aliphatic rings. The van der Waals surface area contributed by atoms with E-state index < -0.39 is 0 Å². The Morgan fingerprint density at radius 2 is 2.07 bits per heavy atom. The zero-order valence-electron chi connectivity index (χ0n) is 10.3. The average molecular weight is 215 g/mol. The highest BCUT2D eigenvalue weighted by Crippen LogP contribution is 2.23. The molecule has 1 aliphatic heterocycles. The van der Waals surface area contributed by atoms with Crippen LogP contribution in [0.5, 0.6) is 0 Å². The molecule has 0 bridgehead atoms. The molecular weight excluding hydrogens is 190 g/mol. The van der Waals surface area contributed by atoms with Gasteiger partial charge in [-0.3, -0.25) is 0 Å². The standard InChI is InChI=1S/C12H25NO2/c1-4-11(2)9-13-10-12(14-3)5-7-15-8-6-12/h11,13H,4-10H2,1-3H3. The Kier molecular flexibility index (Phi) is 5.58. The molecule has 0 aromatic heterocycles. The molecule has 0 amide bonds. The van der Waals surface area contributed by atoms with E-state index in [0.717, 1.165) is 45.1 Å².